The second-order valence-electron chi connectivity index (χ2n) is 11.5. The molecule has 1 saturated heterocycles. The third-order valence-corrected chi connectivity index (χ3v) is 8.84. The minimum atomic E-state index is -2.61. The highest BCUT2D eigenvalue weighted by atomic mass is 32.1. The zero-order valence-electron chi connectivity index (χ0n) is 24.6. The third kappa shape index (κ3) is 5.24. The number of thiol groups is 1. The van der Waals surface area contributed by atoms with E-state index in [1.165, 1.54) is 0 Å². The van der Waals surface area contributed by atoms with E-state index in [4.69, 9.17) is 4.74 Å². The molecule has 7 aromatic rings. The average Bonchev–Trinajstić information content (AvgIpc) is 3.77. The number of aromatic nitrogens is 5. The molecule has 0 aliphatic carbocycles. The van der Waals surface area contributed by atoms with Crippen molar-refractivity contribution in [2.75, 3.05) is 18.0 Å². The van der Waals surface area contributed by atoms with Crippen LogP contribution in [0.3, 0.4) is 0 Å². The monoisotopic (exact) mass is 631 g/mol. The number of ether oxygens (including phenoxy) is 1. The number of hydrogen-bond acceptors (Lipinski definition) is 5. The number of halogens is 2. The van der Waals surface area contributed by atoms with E-state index in [0.29, 0.717) is 29.6 Å². The van der Waals surface area contributed by atoms with Crippen molar-refractivity contribution < 1.29 is 18.2 Å². The first kappa shape index (κ1) is 28.3. The second kappa shape index (κ2) is 11.3. The van der Waals surface area contributed by atoms with E-state index in [1.807, 2.05) is 76.1 Å². The van der Waals surface area contributed by atoms with E-state index >= 15 is 0 Å². The molecule has 2 aromatic heterocycles. The number of benzene rings is 5. The van der Waals surface area contributed by atoms with Gasteiger partial charge in [-0.25, -0.2) is 13.8 Å². The van der Waals surface area contributed by atoms with E-state index in [-0.39, 0.29) is 12.8 Å². The van der Waals surface area contributed by atoms with Crippen LogP contribution in [0.2, 0.25) is 0 Å². The smallest absolute Gasteiger partial charge is 0.312 e. The molecule has 7 nitrogen and oxygen atoms in total. The van der Waals surface area contributed by atoms with Gasteiger partial charge in [-0.1, -0.05) is 42.5 Å². The van der Waals surface area contributed by atoms with Crippen LogP contribution in [0.1, 0.15) is 12.8 Å². The van der Waals surface area contributed by atoms with E-state index in [1.54, 1.807) is 19.0 Å². The van der Waals surface area contributed by atoms with Gasteiger partial charge in [0.05, 0.1) is 5.69 Å². The first-order valence-electron chi connectivity index (χ1n) is 15.1. The van der Waals surface area contributed by atoms with Gasteiger partial charge in [0.1, 0.15) is 22.9 Å². The maximum absolute atomic E-state index is 14.0. The number of nitrogens with one attached hydrogen (secondary N) is 1. The van der Waals surface area contributed by atoms with Gasteiger partial charge in [-0.05, 0) is 58.2 Å². The maximum atomic E-state index is 14.0. The van der Waals surface area contributed by atoms with Crippen molar-refractivity contribution in [3.63, 3.8) is 0 Å². The van der Waals surface area contributed by atoms with Crippen LogP contribution in [-0.2, 0) is 0 Å². The number of fused-ring (bicyclic) bond motifs is 2. The van der Waals surface area contributed by atoms with Gasteiger partial charge < -0.3 is 14.2 Å². The molecular formula is C36H29F2N6OS+. The van der Waals surface area contributed by atoms with Gasteiger partial charge >= 0.3 is 6.33 Å². The lowest BCUT2D eigenvalue weighted by Crippen LogP contribution is -2.39. The normalized spacial score (nSPS) is 14.6. The molecule has 46 heavy (non-hydrogen) atoms. The third-order valence-electron chi connectivity index (χ3n) is 8.61. The molecule has 0 unspecified atom stereocenters. The Balaban J connectivity index is 1.27. The Morgan fingerprint density at radius 2 is 1.59 bits per heavy atom. The summed E-state index contributed by atoms with van der Waals surface area (Å²) in [5.74, 6) is -1.27. The lowest BCUT2D eigenvalue weighted by molar-refractivity contribution is -0.656. The summed E-state index contributed by atoms with van der Waals surface area (Å²) in [6, 6.07) is 30.5. The van der Waals surface area contributed by atoms with Crippen LogP contribution in [0.15, 0.2) is 121 Å². The highest BCUT2D eigenvalue weighted by Gasteiger charge is 2.34. The Labute approximate surface area is 269 Å². The van der Waals surface area contributed by atoms with Crippen molar-refractivity contribution in [1.82, 2.24) is 19.6 Å². The molecule has 0 amide bonds. The number of imidazole rings is 1. The van der Waals surface area contributed by atoms with E-state index in [0.717, 1.165) is 49.7 Å². The number of anilines is 1. The van der Waals surface area contributed by atoms with Gasteiger partial charge in [0.2, 0.25) is 6.33 Å². The summed E-state index contributed by atoms with van der Waals surface area (Å²) in [6.07, 6.45) is 6.65. The molecule has 8 rings (SSSR count). The van der Waals surface area contributed by atoms with Gasteiger partial charge in [0.25, 0.3) is 5.92 Å². The van der Waals surface area contributed by atoms with E-state index in [2.05, 4.69) is 62.9 Å². The minimum absolute atomic E-state index is 0.144. The van der Waals surface area contributed by atoms with Gasteiger partial charge in [-0.15, -0.1) is 17.3 Å². The summed E-state index contributed by atoms with van der Waals surface area (Å²) in [4.78, 5) is 10.6. The van der Waals surface area contributed by atoms with Gasteiger partial charge in [-0.2, -0.15) is 5.10 Å². The van der Waals surface area contributed by atoms with Crippen LogP contribution in [0.25, 0.3) is 44.0 Å². The zero-order valence-corrected chi connectivity index (χ0v) is 25.5. The number of aromatic amines is 1. The number of para-hydroxylation sites is 1. The summed E-state index contributed by atoms with van der Waals surface area (Å²) >= 11 is 4.41. The molecule has 0 radical (unpaired) electrons. The molecule has 3 heterocycles. The van der Waals surface area contributed by atoms with Crippen LogP contribution in [0.4, 0.5) is 14.5 Å². The first-order chi connectivity index (χ1) is 22.4. The Bertz CT molecular complexity index is 2200. The fourth-order valence-electron chi connectivity index (χ4n) is 6.27. The maximum Gasteiger partial charge on any atom is 0.312 e. The molecule has 1 aliphatic rings. The number of alkyl halides is 2. The fourth-order valence-corrected chi connectivity index (χ4v) is 6.45. The zero-order chi connectivity index (χ0) is 31.3. The molecular weight excluding hydrogens is 603 g/mol. The number of H-pyrrole nitrogens is 1. The predicted molar refractivity (Wildman–Crippen MR) is 178 cm³/mol. The SMILES string of the molecule is FC1(F)CCN(c2cccc3cc4cccc(Oc5cc(-[n+]6cnc[nH]6)ccc5-c5ccccc5-n5cnc(S)c5)c4cc23)CC1. The van der Waals surface area contributed by atoms with Crippen LogP contribution < -0.4 is 14.3 Å². The van der Waals surface area contributed by atoms with Crippen molar-refractivity contribution in [2.45, 2.75) is 23.8 Å². The summed E-state index contributed by atoms with van der Waals surface area (Å²) in [5, 5.41) is 7.74. The Morgan fingerprint density at radius 3 is 2.37 bits per heavy atom. The summed E-state index contributed by atoms with van der Waals surface area (Å²) in [7, 11) is 0. The molecule has 1 fully saturated rings. The lowest BCUT2D eigenvalue weighted by Gasteiger charge is -2.34. The largest absolute Gasteiger partial charge is 0.456 e. The highest BCUT2D eigenvalue weighted by Crippen LogP contribution is 2.42. The molecule has 0 atom stereocenters. The molecule has 5 aromatic carbocycles. The summed E-state index contributed by atoms with van der Waals surface area (Å²) in [6.45, 7) is 0.628. The quantitative estimate of drug-likeness (QED) is 0.110. The number of piperidine rings is 1. The highest BCUT2D eigenvalue weighted by molar-refractivity contribution is 7.80. The van der Waals surface area contributed by atoms with Crippen LogP contribution in [-0.4, -0.2) is 38.6 Å². The van der Waals surface area contributed by atoms with Crippen LogP contribution >= 0.6 is 12.6 Å². The number of rotatable bonds is 6. The second-order valence-corrected chi connectivity index (χ2v) is 12.0. The van der Waals surface area contributed by atoms with Crippen molar-refractivity contribution >= 4 is 39.9 Å². The molecule has 1 aliphatic heterocycles. The van der Waals surface area contributed by atoms with Gasteiger partial charge in [0.15, 0.2) is 5.69 Å². The molecule has 1 N–H and O–H groups in total. The molecule has 0 bridgehead atoms. The molecule has 228 valence electrons. The average molecular weight is 632 g/mol. The van der Waals surface area contributed by atoms with Gasteiger partial charge in [-0.3, -0.25) is 0 Å². The van der Waals surface area contributed by atoms with Crippen molar-refractivity contribution in [3.05, 3.63) is 116 Å². The van der Waals surface area contributed by atoms with Crippen LogP contribution in [0.5, 0.6) is 11.5 Å². The van der Waals surface area contributed by atoms with Crippen molar-refractivity contribution in [2.24, 2.45) is 0 Å². The molecule has 10 heteroatoms. The van der Waals surface area contributed by atoms with Crippen LogP contribution in [0, 0.1) is 0 Å². The summed E-state index contributed by atoms with van der Waals surface area (Å²) < 4.78 is 38.7. The van der Waals surface area contributed by atoms with E-state index in [9.17, 15) is 8.78 Å². The fraction of sp³-hybridized carbons (Fsp3) is 0.139. The Hall–Kier alpha value is -5.22. The Morgan fingerprint density at radius 1 is 0.804 bits per heavy atom. The number of hydrogen-bond donors (Lipinski definition) is 2. The minimum Gasteiger partial charge on any atom is -0.456 e. The molecule has 0 spiro atoms. The topological polar surface area (TPSA) is 62.9 Å². The Kier molecular flexibility index (Phi) is 6.94. The van der Waals surface area contributed by atoms with Crippen molar-refractivity contribution in [3.8, 4) is 34.0 Å². The van der Waals surface area contributed by atoms with E-state index < -0.39 is 5.92 Å². The lowest BCUT2D eigenvalue weighted by atomic mass is 9.99. The molecule has 0 saturated carbocycles. The predicted octanol–water partition coefficient (Wildman–Crippen LogP) is 8.16. The number of nitrogens with zero attached hydrogens (tertiary/aromatic N) is 5. The first-order valence-corrected chi connectivity index (χ1v) is 15.5. The van der Waals surface area contributed by atoms with Gasteiger partial charge in [0, 0.05) is 65.8 Å². The summed E-state index contributed by atoms with van der Waals surface area (Å²) in [5.41, 5.74) is 4.59. The van der Waals surface area contributed by atoms with Crippen molar-refractivity contribution in [1.29, 1.82) is 0 Å². The standard InChI is InChI=1S/C36H28F2N6OS/c37-36(38)13-15-42(16-14-36)32-9-3-5-24-17-25-6-4-10-33(30(25)19-29(24)32)45-34-18-26(44-22-39-21-41-44)11-12-28(34)27-7-1-2-8-31(27)43-20-35(46)40-23-43/h1-12,17-23,46H,13-16H2/p+1.